The van der Waals surface area contributed by atoms with Crippen LogP contribution in [0.25, 0.3) is 0 Å². The fourth-order valence-electron chi connectivity index (χ4n) is 2.63. The second-order valence-corrected chi connectivity index (χ2v) is 6.95. The van der Waals surface area contributed by atoms with Crippen LogP contribution in [0.2, 0.25) is 0 Å². The van der Waals surface area contributed by atoms with Crippen LogP contribution in [0.1, 0.15) is 22.6 Å². The highest BCUT2D eigenvalue weighted by atomic mass is 32.2. The molecular formula is C16H18N2O3S. The molecule has 116 valence electrons. The Balaban J connectivity index is 1.57. The smallest absolute Gasteiger partial charge is 0.235 e. The molecule has 2 aromatic rings. The van der Waals surface area contributed by atoms with Gasteiger partial charge in [0, 0.05) is 30.0 Å². The fourth-order valence-corrected chi connectivity index (χ4v) is 3.65. The topological polar surface area (TPSA) is 63.4 Å². The van der Waals surface area contributed by atoms with E-state index in [1.807, 2.05) is 25.1 Å². The highest BCUT2D eigenvalue weighted by Gasteiger charge is 2.22. The van der Waals surface area contributed by atoms with Crippen molar-refractivity contribution >= 4 is 16.7 Å². The summed E-state index contributed by atoms with van der Waals surface area (Å²) in [6.07, 6.45) is 0.857. The van der Waals surface area contributed by atoms with Gasteiger partial charge in [-0.25, -0.2) is 0 Å². The van der Waals surface area contributed by atoms with Gasteiger partial charge in [0.2, 0.25) is 5.91 Å². The molecule has 1 aliphatic heterocycles. The van der Waals surface area contributed by atoms with Crippen molar-refractivity contribution in [3.8, 4) is 0 Å². The predicted octanol–water partition coefficient (Wildman–Crippen LogP) is 1.82. The number of aromatic nitrogens is 1. The van der Waals surface area contributed by atoms with E-state index in [1.165, 1.54) is 11.1 Å². The maximum atomic E-state index is 12.3. The Morgan fingerprint density at radius 1 is 1.36 bits per heavy atom. The summed E-state index contributed by atoms with van der Waals surface area (Å²) in [7, 11) is -1.27. The number of amides is 1. The molecule has 1 amide bonds. The minimum absolute atomic E-state index is 0.0297. The van der Waals surface area contributed by atoms with Gasteiger partial charge in [-0.15, -0.1) is 0 Å². The number of fused-ring (bicyclic) bond motifs is 1. The first kappa shape index (κ1) is 15.0. The fraction of sp³-hybridized carbons (Fsp3) is 0.375. The van der Waals surface area contributed by atoms with E-state index in [0.29, 0.717) is 18.8 Å². The van der Waals surface area contributed by atoms with Crippen LogP contribution in [0.15, 0.2) is 34.9 Å². The van der Waals surface area contributed by atoms with E-state index in [2.05, 4.69) is 11.2 Å². The zero-order valence-electron chi connectivity index (χ0n) is 12.4. The van der Waals surface area contributed by atoms with Crippen LogP contribution in [0.4, 0.5) is 0 Å². The average molecular weight is 318 g/mol. The normalized spacial score (nSPS) is 15.4. The molecule has 0 fully saturated rings. The lowest BCUT2D eigenvalue weighted by Gasteiger charge is -2.28. The van der Waals surface area contributed by atoms with Crippen molar-refractivity contribution in [2.75, 3.05) is 12.3 Å². The van der Waals surface area contributed by atoms with E-state index in [1.54, 1.807) is 11.0 Å². The van der Waals surface area contributed by atoms with Gasteiger partial charge in [-0.1, -0.05) is 29.4 Å². The second-order valence-electron chi connectivity index (χ2n) is 5.50. The standard InChI is InChI=1S/C16H18N2O3S/c1-12-8-15(21-17-12)10-22(20)11-16(19)18-7-6-13-4-2-3-5-14(13)9-18/h2-5,8H,6-7,9-11H2,1H3/t22-/m1/s1. The molecule has 2 heterocycles. The number of aryl methyl sites for hydroxylation is 1. The van der Waals surface area contributed by atoms with Crippen LogP contribution in [0, 0.1) is 6.92 Å². The van der Waals surface area contributed by atoms with Gasteiger partial charge in [0.25, 0.3) is 0 Å². The van der Waals surface area contributed by atoms with Gasteiger partial charge in [0.15, 0.2) is 0 Å². The summed E-state index contributed by atoms with van der Waals surface area (Å²) in [5.74, 6) is 0.760. The number of carbonyl (C=O) groups is 1. The maximum absolute atomic E-state index is 12.3. The Morgan fingerprint density at radius 3 is 2.86 bits per heavy atom. The molecule has 6 heteroatoms. The van der Waals surface area contributed by atoms with E-state index < -0.39 is 10.8 Å². The summed E-state index contributed by atoms with van der Waals surface area (Å²) in [5.41, 5.74) is 3.23. The molecule has 0 bridgehead atoms. The molecule has 1 aliphatic rings. The van der Waals surface area contributed by atoms with Gasteiger partial charge < -0.3 is 9.42 Å². The Kier molecular flexibility index (Phi) is 4.38. The van der Waals surface area contributed by atoms with E-state index in [9.17, 15) is 9.00 Å². The summed E-state index contributed by atoms with van der Waals surface area (Å²) >= 11 is 0. The number of rotatable bonds is 4. The lowest BCUT2D eigenvalue weighted by Crippen LogP contribution is -2.38. The first-order valence-corrected chi connectivity index (χ1v) is 8.72. The van der Waals surface area contributed by atoms with Crippen LogP contribution < -0.4 is 0 Å². The average Bonchev–Trinajstić information content (AvgIpc) is 2.91. The zero-order valence-corrected chi connectivity index (χ0v) is 13.3. The SMILES string of the molecule is Cc1cc(C[S@@](=O)CC(=O)N2CCc3ccccc3C2)on1. The molecule has 0 saturated heterocycles. The van der Waals surface area contributed by atoms with Crippen molar-refractivity contribution in [2.45, 2.75) is 25.6 Å². The van der Waals surface area contributed by atoms with Crippen molar-refractivity contribution in [1.82, 2.24) is 10.1 Å². The predicted molar refractivity (Wildman–Crippen MR) is 83.5 cm³/mol. The monoisotopic (exact) mass is 318 g/mol. The molecule has 0 unspecified atom stereocenters. The minimum Gasteiger partial charge on any atom is -0.360 e. The summed E-state index contributed by atoms with van der Waals surface area (Å²) in [4.78, 5) is 14.1. The largest absolute Gasteiger partial charge is 0.360 e. The molecule has 1 aromatic carbocycles. The highest BCUT2D eigenvalue weighted by Crippen LogP contribution is 2.18. The molecule has 0 saturated carbocycles. The molecule has 5 nitrogen and oxygen atoms in total. The molecule has 1 atom stereocenters. The Hall–Kier alpha value is -1.95. The summed E-state index contributed by atoms with van der Waals surface area (Å²) in [6.45, 7) is 3.11. The molecule has 22 heavy (non-hydrogen) atoms. The Morgan fingerprint density at radius 2 is 2.14 bits per heavy atom. The van der Waals surface area contributed by atoms with E-state index in [0.717, 1.165) is 12.1 Å². The number of hydrogen-bond acceptors (Lipinski definition) is 4. The van der Waals surface area contributed by atoms with E-state index in [4.69, 9.17) is 4.52 Å². The summed E-state index contributed by atoms with van der Waals surface area (Å²) < 4.78 is 17.1. The summed E-state index contributed by atoms with van der Waals surface area (Å²) in [6, 6.07) is 9.89. The van der Waals surface area contributed by atoms with Crippen LogP contribution in [0.5, 0.6) is 0 Å². The van der Waals surface area contributed by atoms with Crippen LogP contribution in [-0.2, 0) is 34.3 Å². The number of nitrogens with zero attached hydrogens (tertiary/aromatic N) is 2. The van der Waals surface area contributed by atoms with Crippen LogP contribution >= 0.6 is 0 Å². The van der Waals surface area contributed by atoms with Crippen LogP contribution in [-0.4, -0.2) is 32.5 Å². The minimum atomic E-state index is -1.27. The third kappa shape index (κ3) is 3.44. The second kappa shape index (κ2) is 6.44. The van der Waals surface area contributed by atoms with E-state index in [-0.39, 0.29) is 17.4 Å². The van der Waals surface area contributed by atoms with Crippen molar-refractivity contribution in [3.05, 3.63) is 52.9 Å². The summed E-state index contributed by atoms with van der Waals surface area (Å²) in [5, 5.41) is 3.76. The van der Waals surface area contributed by atoms with Crippen molar-refractivity contribution in [2.24, 2.45) is 0 Å². The van der Waals surface area contributed by atoms with Crippen molar-refractivity contribution in [1.29, 1.82) is 0 Å². The van der Waals surface area contributed by atoms with Gasteiger partial charge in [-0.05, 0) is 24.5 Å². The molecule has 0 radical (unpaired) electrons. The van der Waals surface area contributed by atoms with Crippen molar-refractivity contribution in [3.63, 3.8) is 0 Å². The lowest BCUT2D eigenvalue weighted by molar-refractivity contribution is -0.129. The third-order valence-electron chi connectivity index (χ3n) is 3.75. The first-order chi connectivity index (χ1) is 10.6. The number of benzene rings is 1. The quantitative estimate of drug-likeness (QED) is 0.862. The van der Waals surface area contributed by atoms with Gasteiger partial charge in [-0.2, -0.15) is 0 Å². The van der Waals surface area contributed by atoms with Gasteiger partial charge in [-0.3, -0.25) is 9.00 Å². The first-order valence-electron chi connectivity index (χ1n) is 7.23. The number of carbonyl (C=O) groups excluding carboxylic acids is 1. The third-order valence-corrected chi connectivity index (χ3v) is 4.92. The molecule has 0 aliphatic carbocycles. The van der Waals surface area contributed by atoms with Gasteiger partial charge in [0.05, 0.1) is 11.4 Å². The maximum Gasteiger partial charge on any atom is 0.235 e. The molecular weight excluding hydrogens is 300 g/mol. The van der Waals surface area contributed by atoms with Crippen LogP contribution in [0.3, 0.4) is 0 Å². The lowest BCUT2D eigenvalue weighted by atomic mass is 10.00. The van der Waals surface area contributed by atoms with Gasteiger partial charge in [0.1, 0.15) is 11.5 Å². The van der Waals surface area contributed by atoms with Gasteiger partial charge >= 0.3 is 0 Å². The molecule has 1 aromatic heterocycles. The molecule has 3 rings (SSSR count). The Labute approximate surface area is 131 Å². The van der Waals surface area contributed by atoms with E-state index >= 15 is 0 Å². The Bertz CT molecular complexity index is 711. The van der Waals surface area contributed by atoms with Crippen molar-refractivity contribution < 1.29 is 13.5 Å². The zero-order chi connectivity index (χ0) is 15.5. The highest BCUT2D eigenvalue weighted by molar-refractivity contribution is 7.84. The molecule has 0 N–H and O–H groups in total. The number of hydrogen-bond donors (Lipinski definition) is 0. The molecule has 0 spiro atoms.